The maximum absolute atomic E-state index is 12.8. The lowest BCUT2D eigenvalue weighted by Gasteiger charge is -2.18. The Balaban J connectivity index is 2.12. The number of rotatable bonds is 6. The third-order valence-corrected chi connectivity index (χ3v) is 3.89. The standard InChI is InChI=1S/C21H26N4O3/c1-13(2)22-21(28)25-19-11-6-5-10-18(19)20(27)23-14(3)16-8-7-9-17(12-16)24-15(4)26/h5-14H,1-4H3,(H,23,27)(H,24,26)(H2,22,25,28). The minimum absolute atomic E-state index is 0.0168. The molecule has 4 N–H and O–H groups in total. The van der Waals surface area contributed by atoms with Gasteiger partial charge in [-0.25, -0.2) is 4.79 Å². The molecule has 7 heteroatoms. The van der Waals surface area contributed by atoms with Gasteiger partial charge in [0.05, 0.1) is 17.3 Å². The Morgan fingerprint density at radius 1 is 0.857 bits per heavy atom. The van der Waals surface area contributed by atoms with Crippen LogP contribution in [0.1, 0.15) is 49.7 Å². The van der Waals surface area contributed by atoms with Crippen LogP contribution < -0.4 is 21.3 Å². The fraction of sp³-hybridized carbons (Fsp3) is 0.286. The van der Waals surface area contributed by atoms with Gasteiger partial charge in [-0.05, 0) is 50.6 Å². The number of hydrogen-bond acceptors (Lipinski definition) is 3. The summed E-state index contributed by atoms with van der Waals surface area (Å²) in [7, 11) is 0. The van der Waals surface area contributed by atoms with Crippen LogP contribution in [0, 0.1) is 0 Å². The van der Waals surface area contributed by atoms with Crippen LogP contribution >= 0.6 is 0 Å². The molecule has 0 saturated heterocycles. The SMILES string of the molecule is CC(=O)Nc1cccc(C(C)NC(=O)c2ccccc2NC(=O)NC(C)C)c1. The van der Waals surface area contributed by atoms with Crippen molar-refractivity contribution in [3.8, 4) is 0 Å². The number of hydrogen-bond donors (Lipinski definition) is 4. The number of nitrogens with one attached hydrogen (secondary N) is 4. The normalized spacial score (nSPS) is 11.5. The molecule has 0 aromatic heterocycles. The summed E-state index contributed by atoms with van der Waals surface area (Å²) >= 11 is 0. The van der Waals surface area contributed by atoms with Gasteiger partial charge in [0.2, 0.25) is 5.91 Å². The van der Waals surface area contributed by atoms with Gasteiger partial charge in [-0.3, -0.25) is 9.59 Å². The summed E-state index contributed by atoms with van der Waals surface area (Å²) in [6.07, 6.45) is 0. The van der Waals surface area contributed by atoms with Crippen LogP contribution in [0.4, 0.5) is 16.2 Å². The van der Waals surface area contributed by atoms with E-state index in [2.05, 4.69) is 21.3 Å². The molecule has 0 bridgehead atoms. The minimum Gasteiger partial charge on any atom is -0.345 e. The quantitative estimate of drug-likeness (QED) is 0.613. The molecule has 2 rings (SSSR count). The van der Waals surface area contributed by atoms with Gasteiger partial charge in [-0.2, -0.15) is 0 Å². The van der Waals surface area contributed by atoms with E-state index in [4.69, 9.17) is 0 Å². The molecule has 0 radical (unpaired) electrons. The first-order chi connectivity index (χ1) is 13.3. The summed E-state index contributed by atoms with van der Waals surface area (Å²) < 4.78 is 0. The zero-order valence-corrected chi connectivity index (χ0v) is 16.5. The Labute approximate surface area is 164 Å². The maximum atomic E-state index is 12.8. The first-order valence-corrected chi connectivity index (χ1v) is 9.11. The number of anilines is 2. The molecule has 7 nitrogen and oxygen atoms in total. The number of benzene rings is 2. The number of para-hydroxylation sites is 1. The predicted molar refractivity (Wildman–Crippen MR) is 110 cm³/mol. The molecule has 0 spiro atoms. The third kappa shape index (κ3) is 6.12. The van der Waals surface area contributed by atoms with Crippen molar-refractivity contribution in [2.75, 3.05) is 10.6 Å². The van der Waals surface area contributed by atoms with E-state index in [-0.39, 0.29) is 29.9 Å². The van der Waals surface area contributed by atoms with Crippen molar-refractivity contribution in [2.24, 2.45) is 0 Å². The summed E-state index contributed by atoms with van der Waals surface area (Å²) in [5, 5.41) is 11.1. The second-order valence-electron chi connectivity index (χ2n) is 6.80. The molecule has 0 heterocycles. The summed E-state index contributed by atoms with van der Waals surface area (Å²) in [6, 6.07) is 13.4. The lowest BCUT2D eigenvalue weighted by molar-refractivity contribution is -0.114. The molecule has 0 aliphatic rings. The van der Waals surface area contributed by atoms with E-state index in [0.29, 0.717) is 16.9 Å². The summed E-state index contributed by atoms with van der Waals surface area (Å²) in [6.45, 7) is 7.01. The molecular weight excluding hydrogens is 356 g/mol. The lowest BCUT2D eigenvalue weighted by atomic mass is 10.1. The van der Waals surface area contributed by atoms with Crippen molar-refractivity contribution in [3.63, 3.8) is 0 Å². The fourth-order valence-corrected chi connectivity index (χ4v) is 2.66. The highest BCUT2D eigenvalue weighted by atomic mass is 16.2. The van der Waals surface area contributed by atoms with E-state index in [1.54, 1.807) is 30.3 Å². The summed E-state index contributed by atoms with van der Waals surface area (Å²) in [5.74, 6) is -0.466. The molecule has 0 saturated carbocycles. The van der Waals surface area contributed by atoms with Gasteiger partial charge in [-0.15, -0.1) is 0 Å². The second-order valence-corrected chi connectivity index (χ2v) is 6.80. The smallest absolute Gasteiger partial charge is 0.319 e. The molecule has 1 unspecified atom stereocenters. The molecule has 2 aromatic rings. The molecule has 2 aromatic carbocycles. The van der Waals surface area contributed by atoms with Crippen molar-refractivity contribution >= 4 is 29.2 Å². The van der Waals surface area contributed by atoms with Crippen LogP contribution in [0.3, 0.4) is 0 Å². The van der Waals surface area contributed by atoms with E-state index in [1.807, 2.05) is 39.0 Å². The highest BCUT2D eigenvalue weighted by molar-refractivity contribution is 6.03. The topological polar surface area (TPSA) is 99.3 Å². The number of carbonyl (C=O) groups is 3. The highest BCUT2D eigenvalue weighted by Gasteiger charge is 2.16. The van der Waals surface area contributed by atoms with Crippen molar-refractivity contribution in [1.29, 1.82) is 0 Å². The first kappa shape index (κ1) is 21.0. The van der Waals surface area contributed by atoms with Crippen molar-refractivity contribution in [2.45, 2.75) is 39.8 Å². The maximum Gasteiger partial charge on any atom is 0.319 e. The second kappa shape index (κ2) is 9.55. The molecule has 0 fully saturated rings. The zero-order chi connectivity index (χ0) is 20.7. The molecule has 28 heavy (non-hydrogen) atoms. The van der Waals surface area contributed by atoms with Crippen molar-refractivity contribution in [1.82, 2.24) is 10.6 Å². The Kier molecular flexibility index (Phi) is 7.14. The zero-order valence-electron chi connectivity index (χ0n) is 16.5. The van der Waals surface area contributed by atoms with Crippen molar-refractivity contribution in [3.05, 3.63) is 59.7 Å². The lowest BCUT2D eigenvalue weighted by Crippen LogP contribution is -2.35. The average molecular weight is 382 g/mol. The van der Waals surface area contributed by atoms with E-state index >= 15 is 0 Å². The minimum atomic E-state index is -0.369. The van der Waals surface area contributed by atoms with Crippen LogP contribution in [-0.2, 0) is 4.79 Å². The van der Waals surface area contributed by atoms with Gasteiger partial charge >= 0.3 is 6.03 Å². The van der Waals surface area contributed by atoms with Gasteiger partial charge in [0, 0.05) is 18.7 Å². The highest BCUT2D eigenvalue weighted by Crippen LogP contribution is 2.20. The van der Waals surface area contributed by atoms with Crippen LogP contribution in [0.5, 0.6) is 0 Å². The van der Waals surface area contributed by atoms with Crippen LogP contribution in [0.25, 0.3) is 0 Å². The van der Waals surface area contributed by atoms with Crippen LogP contribution in [0.2, 0.25) is 0 Å². The van der Waals surface area contributed by atoms with Crippen molar-refractivity contribution < 1.29 is 14.4 Å². The van der Waals surface area contributed by atoms with Gasteiger partial charge < -0.3 is 21.3 Å². The Hall–Kier alpha value is -3.35. The Morgan fingerprint density at radius 3 is 2.25 bits per heavy atom. The molecule has 148 valence electrons. The average Bonchev–Trinajstić information content (AvgIpc) is 2.61. The van der Waals surface area contributed by atoms with Crippen LogP contribution in [-0.4, -0.2) is 23.9 Å². The van der Waals surface area contributed by atoms with E-state index < -0.39 is 0 Å². The molecule has 0 aliphatic carbocycles. The summed E-state index contributed by atoms with van der Waals surface area (Å²) in [5.41, 5.74) is 2.31. The summed E-state index contributed by atoms with van der Waals surface area (Å²) in [4.78, 5) is 36.0. The third-order valence-electron chi connectivity index (χ3n) is 3.89. The fourth-order valence-electron chi connectivity index (χ4n) is 2.66. The number of carbonyl (C=O) groups excluding carboxylic acids is 3. The number of amides is 4. The Bertz CT molecular complexity index is 864. The Morgan fingerprint density at radius 2 is 1.57 bits per heavy atom. The largest absolute Gasteiger partial charge is 0.345 e. The van der Waals surface area contributed by atoms with Gasteiger partial charge in [0.15, 0.2) is 0 Å². The molecule has 1 atom stereocenters. The molecule has 0 aliphatic heterocycles. The monoisotopic (exact) mass is 382 g/mol. The number of urea groups is 1. The van der Waals surface area contributed by atoms with Gasteiger partial charge in [-0.1, -0.05) is 24.3 Å². The van der Waals surface area contributed by atoms with E-state index in [1.165, 1.54) is 6.92 Å². The van der Waals surface area contributed by atoms with Gasteiger partial charge in [0.25, 0.3) is 5.91 Å². The molecular formula is C21H26N4O3. The van der Waals surface area contributed by atoms with Crippen LogP contribution in [0.15, 0.2) is 48.5 Å². The van der Waals surface area contributed by atoms with Gasteiger partial charge in [0.1, 0.15) is 0 Å². The van der Waals surface area contributed by atoms with E-state index in [9.17, 15) is 14.4 Å². The predicted octanol–water partition coefficient (Wildman–Crippen LogP) is 3.67. The van der Waals surface area contributed by atoms with E-state index in [0.717, 1.165) is 5.56 Å². The molecule has 4 amide bonds. The first-order valence-electron chi connectivity index (χ1n) is 9.11.